The van der Waals surface area contributed by atoms with Crippen molar-refractivity contribution >= 4 is 5.82 Å². The summed E-state index contributed by atoms with van der Waals surface area (Å²) in [4.78, 5) is 6.16. The summed E-state index contributed by atoms with van der Waals surface area (Å²) >= 11 is 0. The van der Waals surface area contributed by atoms with Gasteiger partial charge in [0.05, 0.1) is 18.4 Å². The second kappa shape index (κ2) is 6.04. The molecule has 1 N–H and O–H groups in total. The summed E-state index contributed by atoms with van der Waals surface area (Å²) in [6, 6.07) is 4.16. The molecule has 0 bridgehead atoms. The van der Waals surface area contributed by atoms with Crippen LogP contribution in [0.25, 0.3) is 0 Å². The van der Waals surface area contributed by atoms with Crippen LogP contribution < -0.4 is 10.2 Å². The van der Waals surface area contributed by atoms with Gasteiger partial charge in [-0.25, -0.2) is 4.98 Å². The predicted octanol–water partition coefficient (Wildman–Crippen LogP) is 1.99. The normalized spacial score (nSPS) is 15.9. The van der Waals surface area contributed by atoms with Gasteiger partial charge in [-0.2, -0.15) is 5.10 Å². The SMILES string of the molecule is CC(C)(C)c1ccc(N2CC(CNCc3cnco3)C2)nn1. The fourth-order valence-electron chi connectivity index (χ4n) is 2.51. The van der Waals surface area contributed by atoms with Crippen molar-refractivity contribution in [1.82, 2.24) is 20.5 Å². The van der Waals surface area contributed by atoms with E-state index in [4.69, 9.17) is 4.42 Å². The molecular weight excluding hydrogens is 278 g/mol. The third-order valence-corrected chi connectivity index (χ3v) is 3.92. The third-order valence-electron chi connectivity index (χ3n) is 3.92. The van der Waals surface area contributed by atoms with Gasteiger partial charge in [-0.3, -0.25) is 0 Å². The topological polar surface area (TPSA) is 67.1 Å². The maximum atomic E-state index is 5.19. The zero-order chi connectivity index (χ0) is 15.6. The van der Waals surface area contributed by atoms with Crippen molar-refractivity contribution in [3.8, 4) is 0 Å². The molecule has 6 heteroatoms. The van der Waals surface area contributed by atoms with Gasteiger partial charge < -0.3 is 14.6 Å². The van der Waals surface area contributed by atoms with E-state index in [1.165, 1.54) is 6.39 Å². The van der Waals surface area contributed by atoms with Crippen LogP contribution in [-0.2, 0) is 12.0 Å². The summed E-state index contributed by atoms with van der Waals surface area (Å²) in [5, 5.41) is 12.1. The molecule has 0 amide bonds. The second-order valence-corrected chi connectivity index (χ2v) is 6.90. The summed E-state index contributed by atoms with van der Waals surface area (Å²) in [7, 11) is 0. The molecule has 0 unspecified atom stereocenters. The monoisotopic (exact) mass is 301 g/mol. The van der Waals surface area contributed by atoms with Crippen molar-refractivity contribution in [2.75, 3.05) is 24.5 Å². The minimum absolute atomic E-state index is 0.0492. The first kappa shape index (κ1) is 15.0. The van der Waals surface area contributed by atoms with E-state index in [0.717, 1.165) is 43.5 Å². The largest absolute Gasteiger partial charge is 0.447 e. The smallest absolute Gasteiger partial charge is 0.180 e. The summed E-state index contributed by atoms with van der Waals surface area (Å²) in [6.07, 6.45) is 3.20. The number of anilines is 1. The van der Waals surface area contributed by atoms with E-state index in [1.807, 2.05) is 0 Å². The van der Waals surface area contributed by atoms with E-state index in [0.29, 0.717) is 5.92 Å². The summed E-state index contributed by atoms with van der Waals surface area (Å²) in [5.41, 5.74) is 1.08. The van der Waals surface area contributed by atoms with Gasteiger partial charge in [-0.05, 0) is 12.1 Å². The van der Waals surface area contributed by atoms with Gasteiger partial charge in [-0.15, -0.1) is 5.10 Å². The Bertz CT molecular complexity index is 582. The fraction of sp³-hybridized carbons (Fsp3) is 0.562. The first-order valence-corrected chi connectivity index (χ1v) is 7.69. The lowest BCUT2D eigenvalue weighted by Crippen LogP contribution is -2.51. The Morgan fingerprint density at radius 1 is 1.27 bits per heavy atom. The van der Waals surface area contributed by atoms with Crippen molar-refractivity contribution < 1.29 is 4.42 Å². The molecule has 22 heavy (non-hydrogen) atoms. The van der Waals surface area contributed by atoms with Gasteiger partial charge in [0.25, 0.3) is 0 Å². The molecular formula is C16H23N5O. The van der Waals surface area contributed by atoms with Crippen LogP contribution in [0.15, 0.2) is 29.1 Å². The van der Waals surface area contributed by atoms with E-state index in [9.17, 15) is 0 Å². The van der Waals surface area contributed by atoms with Crippen molar-refractivity contribution in [2.45, 2.75) is 32.7 Å². The third kappa shape index (κ3) is 3.44. The zero-order valence-corrected chi connectivity index (χ0v) is 13.4. The van der Waals surface area contributed by atoms with E-state index >= 15 is 0 Å². The minimum atomic E-state index is 0.0492. The van der Waals surface area contributed by atoms with Gasteiger partial charge in [0.15, 0.2) is 12.2 Å². The number of nitrogens with one attached hydrogen (secondary N) is 1. The van der Waals surface area contributed by atoms with Crippen LogP contribution in [0.3, 0.4) is 0 Å². The lowest BCUT2D eigenvalue weighted by molar-refractivity contribution is 0.371. The van der Waals surface area contributed by atoms with Crippen LogP contribution in [0.4, 0.5) is 5.82 Å². The molecule has 6 nitrogen and oxygen atoms in total. The number of hydrogen-bond acceptors (Lipinski definition) is 6. The molecule has 1 aliphatic heterocycles. The number of hydrogen-bond donors (Lipinski definition) is 1. The van der Waals surface area contributed by atoms with Crippen LogP contribution in [0.1, 0.15) is 32.2 Å². The lowest BCUT2D eigenvalue weighted by atomic mass is 9.92. The summed E-state index contributed by atoms with van der Waals surface area (Å²) in [5.74, 6) is 2.49. The Balaban J connectivity index is 1.43. The highest BCUT2D eigenvalue weighted by Gasteiger charge is 2.28. The second-order valence-electron chi connectivity index (χ2n) is 6.90. The van der Waals surface area contributed by atoms with Crippen LogP contribution in [0.2, 0.25) is 0 Å². The molecule has 0 aromatic carbocycles. The molecule has 0 spiro atoms. The number of aromatic nitrogens is 3. The van der Waals surface area contributed by atoms with E-state index in [2.05, 4.69) is 58.3 Å². The van der Waals surface area contributed by atoms with Crippen molar-refractivity contribution in [1.29, 1.82) is 0 Å². The van der Waals surface area contributed by atoms with Gasteiger partial charge in [0.1, 0.15) is 5.76 Å². The van der Waals surface area contributed by atoms with Crippen LogP contribution in [-0.4, -0.2) is 34.8 Å². The Hall–Kier alpha value is -1.95. The maximum absolute atomic E-state index is 5.19. The summed E-state index contributed by atoms with van der Waals surface area (Å²) in [6.45, 7) is 10.2. The highest BCUT2D eigenvalue weighted by atomic mass is 16.3. The minimum Gasteiger partial charge on any atom is -0.447 e. The average Bonchev–Trinajstić information content (AvgIpc) is 2.94. The molecule has 3 heterocycles. The van der Waals surface area contributed by atoms with Gasteiger partial charge in [0, 0.05) is 31.0 Å². The van der Waals surface area contributed by atoms with E-state index < -0.39 is 0 Å². The number of nitrogens with zero attached hydrogens (tertiary/aromatic N) is 4. The number of oxazole rings is 1. The Labute approximate surface area is 130 Å². The predicted molar refractivity (Wildman–Crippen MR) is 84.6 cm³/mol. The molecule has 1 fully saturated rings. The van der Waals surface area contributed by atoms with Crippen molar-refractivity contribution in [3.63, 3.8) is 0 Å². The molecule has 1 saturated heterocycles. The van der Waals surface area contributed by atoms with Gasteiger partial charge in [0.2, 0.25) is 0 Å². The first-order valence-electron chi connectivity index (χ1n) is 7.69. The molecule has 0 aliphatic carbocycles. The standard InChI is InChI=1S/C16H23N5O/c1-16(2,3)14-4-5-15(20-19-14)21-9-12(10-21)6-17-7-13-8-18-11-22-13/h4-5,8,11-12,17H,6-7,9-10H2,1-3H3. The number of rotatable bonds is 5. The molecule has 0 atom stereocenters. The molecule has 0 saturated carbocycles. The van der Waals surface area contributed by atoms with Gasteiger partial charge >= 0.3 is 0 Å². The van der Waals surface area contributed by atoms with Gasteiger partial charge in [-0.1, -0.05) is 20.8 Å². The maximum Gasteiger partial charge on any atom is 0.180 e. The molecule has 2 aromatic rings. The fourth-order valence-corrected chi connectivity index (χ4v) is 2.51. The van der Waals surface area contributed by atoms with E-state index in [-0.39, 0.29) is 5.41 Å². The Morgan fingerprint density at radius 3 is 2.68 bits per heavy atom. The lowest BCUT2D eigenvalue weighted by Gasteiger charge is -2.40. The first-order chi connectivity index (χ1) is 10.5. The zero-order valence-electron chi connectivity index (χ0n) is 13.4. The quantitative estimate of drug-likeness (QED) is 0.911. The summed E-state index contributed by atoms with van der Waals surface area (Å²) < 4.78 is 5.19. The molecule has 3 rings (SSSR count). The van der Waals surface area contributed by atoms with E-state index in [1.54, 1.807) is 6.20 Å². The molecule has 1 aliphatic rings. The van der Waals surface area contributed by atoms with Crippen LogP contribution >= 0.6 is 0 Å². The van der Waals surface area contributed by atoms with Crippen molar-refractivity contribution in [2.24, 2.45) is 5.92 Å². The molecule has 118 valence electrons. The highest BCUT2D eigenvalue weighted by molar-refractivity contribution is 5.41. The van der Waals surface area contributed by atoms with Crippen LogP contribution in [0, 0.1) is 5.92 Å². The highest BCUT2D eigenvalue weighted by Crippen LogP contribution is 2.24. The molecule has 2 aromatic heterocycles. The average molecular weight is 301 g/mol. The van der Waals surface area contributed by atoms with Crippen LogP contribution in [0.5, 0.6) is 0 Å². The van der Waals surface area contributed by atoms with Crippen molar-refractivity contribution in [3.05, 3.63) is 36.2 Å². The Morgan fingerprint density at radius 2 is 2.09 bits per heavy atom. The Kier molecular flexibility index (Phi) is 4.11. The molecule has 0 radical (unpaired) electrons.